The molecule has 0 aliphatic carbocycles. The van der Waals surface area contributed by atoms with Crippen LogP contribution in [0, 0.1) is 0 Å². The smallest absolute Gasteiger partial charge is 0.365 e. The molecule has 0 aliphatic rings. The zero-order valence-electron chi connectivity index (χ0n) is 9.20. The Bertz CT molecular complexity index is 381. The highest BCUT2D eigenvalue weighted by Gasteiger charge is 2.32. The summed E-state index contributed by atoms with van der Waals surface area (Å²) in [4.78, 5) is 0. The second-order valence-corrected chi connectivity index (χ2v) is 3.48. The van der Waals surface area contributed by atoms with E-state index in [0.29, 0.717) is 0 Å². The number of hydrogen-bond acceptors (Lipinski definition) is 1. The maximum Gasteiger partial charge on any atom is 0.414 e. The first-order valence-corrected chi connectivity index (χ1v) is 4.99. The Morgan fingerprint density at radius 3 is 2.35 bits per heavy atom. The Balaban J connectivity index is 2.61. The Hall–Kier alpha value is -1.55. The molecule has 4 heteroatoms. The molecule has 0 bridgehead atoms. The Kier molecular flexibility index (Phi) is 4.52. The lowest BCUT2D eigenvalue weighted by Gasteiger charge is -2.16. The molecule has 0 spiro atoms. The normalized spacial score (nSPS) is 13.1. The van der Waals surface area contributed by atoms with Crippen LogP contribution in [-0.4, -0.2) is 12.8 Å². The van der Waals surface area contributed by atoms with E-state index in [0.717, 1.165) is 5.56 Å². The summed E-state index contributed by atoms with van der Waals surface area (Å²) in [7, 11) is 0. The van der Waals surface area contributed by atoms with Gasteiger partial charge in [-0.2, -0.15) is 13.2 Å². The zero-order valence-corrected chi connectivity index (χ0v) is 9.20. The van der Waals surface area contributed by atoms with Crippen LogP contribution < -0.4 is 0 Å². The van der Waals surface area contributed by atoms with Crippen molar-refractivity contribution in [2.24, 2.45) is 0 Å². The van der Waals surface area contributed by atoms with Gasteiger partial charge in [0.1, 0.15) is 6.10 Å². The zero-order chi connectivity index (χ0) is 12.9. The fourth-order valence-electron chi connectivity index (χ4n) is 1.22. The molecule has 17 heavy (non-hydrogen) atoms. The molecule has 1 rings (SSSR count). The number of ether oxygens (including phenoxy) is 1. The SMILES string of the molecule is C=CC(OCC(=C)C(F)(F)F)c1ccccc1. The van der Waals surface area contributed by atoms with Crippen molar-refractivity contribution in [2.45, 2.75) is 12.3 Å². The van der Waals surface area contributed by atoms with Gasteiger partial charge in [0.15, 0.2) is 0 Å². The summed E-state index contributed by atoms with van der Waals surface area (Å²) in [6.07, 6.45) is -3.52. The monoisotopic (exact) mass is 242 g/mol. The van der Waals surface area contributed by atoms with Crippen molar-refractivity contribution in [3.05, 3.63) is 60.7 Å². The van der Waals surface area contributed by atoms with E-state index in [1.54, 1.807) is 24.3 Å². The minimum Gasteiger partial charge on any atom is -0.365 e. The maximum absolute atomic E-state index is 12.2. The van der Waals surface area contributed by atoms with Crippen molar-refractivity contribution in [3.8, 4) is 0 Å². The summed E-state index contributed by atoms with van der Waals surface area (Å²) in [6.45, 7) is 5.92. The molecule has 0 aliphatic heterocycles. The van der Waals surface area contributed by atoms with Crippen LogP contribution in [0.1, 0.15) is 11.7 Å². The Morgan fingerprint density at radius 1 is 1.29 bits per heavy atom. The first kappa shape index (κ1) is 13.5. The molecule has 0 radical (unpaired) electrons. The molecule has 1 atom stereocenters. The molecular formula is C13H13F3O. The third-order valence-electron chi connectivity index (χ3n) is 2.18. The number of halogens is 3. The van der Waals surface area contributed by atoms with Gasteiger partial charge in [-0.25, -0.2) is 0 Å². The number of benzene rings is 1. The maximum atomic E-state index is 12.2. The lowest BCUT2D eigenvalue weighted by molar-refractivity contribution is -0.102. The van der Waals surface area contributed by atoms with Gasteiger partial charge in [-0.3, -0.25) is 0 Å². The van der Waals surface area contributed by atoms with Gasteiger partial charge >= 0.3 is 6.18 Å². The molecule has 92 valence electrons. The van der Waals surface area contributed by atoms with Crippen LogP contribution in [0.2, 0.25) is 0 Å². The van der Waals surface area contributed by atoms with Crippen molar-refractivity contribution >= 4 is 0 Å². The molecule has 1 aromatic carbocycles. The molecule has 0 fully saturated rings. The minimum absolute atomic E-state index is 0.560. The summed E-state index contributed by atoms with van der Waals surface area (Å²) in [5, 5.41) is 0. The topological polar surface area (TPSA) is 9.23 Å². The lowest BCUT2D eigenvalue weighted by Crippen LogP contribution is -2.16. The first-order chi connectivity index (χ1) is 7.95. The highest BCUT2D eigenvalue weighted by Crippen LogP contribution is 2.26. The molecule has 1 aromatic rings. The molecule has 0 aromatic heterocycles. The molecule has 0 saturated heterocycles. The summed E-state index contributed by atoms with van der Waals surface area (Å²) in [5.41, 5.74) is -0.141. The van der Waals surface area contributed by atoms with Crippen molar-refractivity contribution < 1.29 is 17.9 Å². The molecular weight excluding hydrogens is 229 g/mol. The summed E-state index contributed by atoms with van der Waals surface area (Å²) in [5.74, 6) is 0. The Morgan fingerprint density at radius 2 is 1.88 bits per heavy atom. The van der Waals surface area contributed by atoms with Crippen LogP contribution in [0.3, 0.4) is 0 Å². The van der Waals surface area contributed by atoms with E-state index in [1.807, 2.05) is 6.07 Å². The quantitative estimate of drug-likeness (QED) is 0.708. The molecule has 1 unspecified atom stereocenters. The van der Waals surface area contributed by atoms with Crippen LogP contribution in [0.15, 0.2) is 55.1 Å². The van der Waals surface area contributed by atoms with Crippen LogP contribution >= 0.6 is 0 Å². The van der Waals surface area contributed by atoms with Crippen molar-refractivity contribution in [1.29, 1.82) is 0 Å². The van der Waals surface area contributed by atoms with Crippen LogP contribution in [0.4, 0.5) is 13.2 Å². The Labute approximate surface area is 98.2 Å². The van der Waals surface area contributed by atoms with Gasteiger partial charge < -0.3 is 4.74 Å². The highest BCUT2D eigenvalue weighted by molar-refractivity contribution is 5.21. The van der Waals surface area contributed by atoms with Gasteiger partial charge in [0.2, 0.25) is 0 Å². The second kappa shape index (κ2) is 5.68. The second-order valence-electron chi connectivity index (χ2n) is 3.48. The fourth-order valence-corrected chi connectivity index (χ4v) is 1.22. The molecule has 1 nitrogen and oxygen atoms in total. The van der Waals surface area contributed by atoms with E-state index in [9.17, 15) is 13.2 Å². The van der Waals surface area contributed by atoms with Gasteiger partial charge in [0, 0.05) is 0 Å². The van der Waals surface area contributed by atoms with E-state index in [4.69, 9.17) is 4.74 Å². The predicted molar refractivity (Wildman–Crippen MR) is 60.5 cm³/mol. The van der Waals surface area contributed by atoms with Gasteiger partial charge in [0.05, 0.1) is 12.2 Å². The van der Waals surface area contributed by atoms with Crippen molar-refractivity contribution in [3.63, 3.8) is 0 Å². The highest BCUT2D eigenvalue weighted by atomic mass is 19.4. The van der Waals surface area contributed by atoms with Gasteiger partial charge in [-0.15, -0.1) is 6.58 Å². The van der Waals surface area contributed by atoms with Crippen molar-refractivity contribution in [2.75, 3.05) is 6.61 Å². The lowest BCUT2D eigenvalue weighted by atomic mass is 10.1. The van der Waals surface area contributed by atoms with Crippen molar-refractivity contribution in [1.82, 2.24) is 0 Å². The summed E-state index contributed by atoms with van der Waals surface area (Å²) < 4.78 is 41.7. The van der Waals surface area contributed by atoms with E-state index in [2.05, 4.69) is 13.2 Å². The van der Waals surface area contributed by atoms with Gasteiger partial charge in [-0.1, -0.05) is 43.0 Å². The largest absolute Gasteiger partial charge is 0.414 e. The van der Waals surface area contributed by atoms with E-state index >= 15 is 0 Å². The third kappa shape index (κ3) is 4.07. The summed E-state index contributed by atoms with van der Waals surface area (Å²) in [6, 6.07) is 8.92. The number of hydrogen-bond donors (Lipinski definition) is 0. The standard InChI is InChI=1S/C13H13F3O/c1-3-12(11-7-5-4-6-8-11)17-9-10(2)13(14,15)16/h3-8,12H,1-2,9H2. The molecule has 0 amide bonds. The van der Waals surface area contributed by atoms with Crippen LogP contribution in [0.5, 0.6) is 0 Å². The van der Waals surface area contributed by atoms with Crippen LogP contribution in [0.25, 0.3) is 0 Å². The van der Waals surface area contributed by atoms with E-state index < -0.39 is 24.5 Å². The van der Waals surface area contributed by atoms with E-state index in [1.165, 1.54) is 6.08 Å². The third-order valence-corrected chi connectivity index (χ3v) is 2.18. The number of rotatable bonds is 5. The summed E-state index contributed by atoms with van der Waals surface area (Å²) >= 11 is 0. The average Bonchev–Trinajstić information content (AvgIpc) is 2.29. The minimum atomic E-state index is -4.41. The number of alkyl halides is 3. The molecule has 0 heterocycles. The predicted octanol–water partition coefficient (Wildman–Crippen LogP) is 4.05. The van der Waals surface area contributed by atoms with Gasteiger partial charge in [0.25, 0.3) is 0 Å². The fraction of sp³-hybridized carbons (Fsp3) is 0.231. The molecule has 0 saturated carbocycles. The average molecular weight is 242 g/mol. The first-order valence-electron chi connectivity index (χ1n) is 4.99. The van der Waals surface area contributed by atoms with E-state index in [-0.39, 0.29) is 0 Å². The molecule has 0 N–H and O–H groups in total. The van der Waals surface area contributed by atoms with Gasteiger partial charge in [-0.05, 0) is 5.56 Å². The van der Waals surface area contributed by atoms with Crippen LogP contribution in [-0.2, 0) is 4.74 Å².